The van der Waals surface area contributed by atoms with Gasteiger partial charge in [-0.05, 0) is 40.4 Å². The fraction of sp³-hybridized carbons (Fsp3) is 0.0417. The number of aromatic nitrogens is 3. The van der Waals surface area contributed by atoms with Crippen molar-refractivity contribution in [2.24, 2.45) is 0 Å². The van der Waals surface area contributed by atoms with Gasteiger partial charge in [0.15, 0.2) is 5.16 Å². The van der Waals surface area contributed by atoms with Crippen LogP contribution in [0.4, 0.5) is 0 Å². The molecule has 2 heterocycles. The van der Waals surface area contributed by atoms with Crippen LogP contribution in [0.2, 0.25) is 0 Å². The van der Waals surface area contributed by atoms with E-state index in [0.717, 1.165) is 22.2 Å². The lowest BCUT2D eigenvalue weighted by atomic mass is 10.1. The Bertz CT molecular complexity index is 1390. The third kappa shape index (κ3) is 3.65. The lowest BCUT2D eigenvalue weighted by molar-refractivity contribution is 0.972. The maximum atomic E-state index is 12.4. The van der Waals surface area contributed by atoms with Crippen LogP contribution in [0, 0.1) is 0 Å². The predicted molar refractivity (Wildman–Crippen MR) is 119 cm³/mol. The second kappa shape index (κ2) is 7.53. The Morgan fingerprint density at radius 2 is 1.62 bits per heavy atom. The summed E-state index contributed by atoms with van der Waals surface area (Å²) in [7, 11) is 0. The van der Waals surface area contributed by atoms with Crippen molar-refractivity contribution in [2.45, 2.75) is 10.9 Å². The molecule has 140 valence electrons. The van der Waals surface area contributed by atoms with Crippen molar-refractivity contribution in [3.63, 3.8) is 0 Å². The van der Waals surface area contributed by atoms with Crippen LogP contribution < -0.4 is 5.56 Å². The number of benzene rings is 3. The Balaban J connectivity index is 1.41. The smallest absolute Gasteiger partial charge is 0.252 e. The molecule has 5 aromatic rings. The maximum Gasteiger partial charge on any atom is 0.252 e. The first kappa shape index (κ1) is 17.6. The third-order valence-electron chi connectivity index (χ3n) is 4.87. The second-order valence-electron chi connectivity index (χ2n) is 6.79. The number of fused-ring (bicyclic) bond motifs is 2. The number of nitrogens with zero attached hydrogens (tertiary/aromatic N) is 2. The SMILES string of the molecule is O=c1[nH]c2ccccc2cc1CSc1nccc(-c2ccc3ccccc3c2)n1. The van der Waals surface area contributed by atoms with Crippen LogP contribution in [0.15, 0.2) is 95.0 Å². The number of nitrogens with one attached hydrogen (secondary N) is 1. The van der Waals surface area contributed by atoms with Gasteiger partial charge in [-0.2, -0.15) is 0 Å². The average molecular weight is 395 g/mol. The van der Waals surface area contributed by atoms with Gasteiger partial charge in [0.05, 0.1) is 5.69 Å². The van der Waals surface area contributed by atoms with E-state index in [-0.39, 0.29) is 5.56 Å². The summed E-state index contributed by atoms with van der Waals surface area (Å²) in [6, 6.07) is 26.2. The first-order valence-corrected chi connectivity index (χ1v) is 10.3. The quantitative estimate of drug-likeness (QED) is 0.326. The molecule has 0 fully saturated rings. The Labute approximate surface area is 171 Å². The van der Waals surface area contributed by atoms with Gasteiger partial charge in [-0.1, -0.05) is 66.4 Å². The number of pyridine rings is 1. The van der Waals surface area contributed by atoms with Crippen LogP contribution in [0.1, 0.15) is 5.56 Å². The minimum Gasteiger partial charge on any atom is -0.322 e. The molecule has 2 aromatic heterocycles. The molecule has 5 heteroatoms. The summed E-state index contributed by atoms with van der Waals surface area (Å²) in [4.78, 5) is 24.4. The molecule has 1 N–H and O–H groups in total. The first-order valence-electron chi connectivity index (χ1n) is 9.32. The van der Waals surface area contributed by atoms with Crippen LogP contribution >= 0.6 is 11.8 Å². The van der Waals surface area contributed by atoms with Crippen LogP contribution in [0.3, 0.4) is 0 Å². The monoisotopic (exact) mass is 395 g/mol. The highest BCUT2D eigenvalue weighted by molar-refractivity contribution is 7.98. The minimum absolute atomic E-state index is 0.0677. The van der Waals surface area contributed by atoms with Crippen LogP contribution in [0.25, 0.3) is 32.9 Å². The van der Waals surface area contributed by atoms with Crippen LogP contribution in [-0.2, 0) is 5.75 Å². The Morgan fingerprint density at radius 3 is 2.52 bits per heavy atom. The number of aromatic amines is 1. The number of para-hydroxylation sites is 1. The van der Waals surface area contributed by atoms with Crippen molar-refractivity contribution in [3.05, 3.63) is 101 Å². The lowest BCUT2D eigenvalue weighted by Crippen LogP contribution is -2.11. The van der Waals surface area contributed by atoms with E-state index in [2.05, 4.69) is 40.3 Å². The highest BCUT2D eigenvalue weighted by Crippen LogP contribution is 2.25. The summed E-state index contributed by atoms with van der Waals surface area (Å²) in [5.41, 5.74) is 3.42. The van der Waals surface area contributed by atoms with Gasteiger partial charge in [-0.25, -0.2) is 9.97 Å². The Morgan fingerprint density at radius 1 is 0.828 bits per heavy atom. The molecule has 0 amide bonds. The minimum atomic E-state index is -0.0677. The fourth-order valence-corrected chi connectivity index (χ4v) is 4.16. The number of hydrogen-bond donors (Lipinski definition) is 1. The number of H-pyrrole nitrogens is 1. The summed E-state index contributed by atoms with van der Waals surface area (Å²) >= 11 is 1.47. The van der Waals surface area contributed by atoms with Crippen molar-refractivity contribution in [1.82, 2.24) is 15.0 Å². The summed E-state index contributed by atoms with van der Waals surface area (Å²) in [6.07, 6.45) is 1.77. The van der Waals surface area contributed by atoms with Crippen LogP contribution in [0.5, 0.6) is 0 Å². The molecular formula is C24H17N3OS. The largest absolute Gasteiger partial charge is 0.322 e. The molecule has 0 spiro atoms. The van der Waals surface area contributed by atoms with E-state index >= 15 is 0 Å². The molecule has 3 aromatic carbocycles. The van der Waals surface area contributed by atoms with Gasteiger partial charge in [0.1, 0.15) is 0 Å². The van der Waals surface area contributed by atoms with Crippen molar-refractivity contribution >= 4 is 33.4 Å². The van der Waals surface area contributed by atoms with Gasteiger partial charge in [-0.15, -0.1) is 0 Å². The van der Waals surface area contributed by atoms with Crippen LogP contribution in [-0.4, -0.2) is 15.0 Å². The zero-order valence-electron chi connectivity index (χ0n) is 15.5. The van der Waals surface area contributed by atoms with E-state index in [1.165, 1.54) is 22.5 Å². The maximum absolute atomic E-state index is 12.4. The van der Waals surface area contributed by atoms with E-state index in [0.29, 0.717) is 16.5 Å². The van der Waals surface area contributed by atoms with Gasteiger partial charge in [0, 0.05) is 28.6 Å². The fourth-order valence-electron chi connectivity index (χ4n) is 3.36. The molecule has 0 radical (unpaired) electrons. The molecule has 0 saturated carbocycles. The molecule has 4 nitrogen and oxygen atoms in total. The molecule has 5 rings (SSSR count). The van der Waals surface area contributed by atoms with E-state index in [1.54, 1.807) is 6.20 Å². The topological polar surface area (TPSA) is 58.6 Å². The Hall–Kier alpha value is -3.44. The van der Waals surface area contributed by atoms with E-state index in [4.69, 9.17) is 4.98 Å². The lowest BCUT2D eigenvalue weighted by Gasteiger charge is -2.06. The zero-order valence-corrected chi connectivity index (χ0v) is 16.3. The first-order chi connectivity index (χ1) is 14.3. The van der Waals surface area contributed by atoms with Crippen molar-refractivity contribution in [1.29, 1.82) is 0 Å². The van der Waals surface area contributed by atoms with Gasteiger partial charge < -0.3 is 4.98 Å². The highest BCUT2D eigenvalue weighted by Gasteiger charge is 2.07. The molecule has 0 aliphatic carbocycles. The third-order valence-corrected chi connectivity index (χ3v) is 5.78. The van der Waals surface area contributed by atoms with Crippen molar-refractivity contribution in [3.8, 4) is 11.3 Å². The summed E-state index contributed by atoms with van der Waals surface area (Å²) in [6.45, 7) is 0. The number of rotatable bonds is 4. The molecule has 0 aliphatic heterocycles. The van der Waals surface area contributed by atoms with E-state index in [1.807, 2.05) is 48.5 Å². The summed E-state index contributed by atoms with van der Waals surface area (Å²) < 4.78 is 0. The van der Waals surface area contributed by atoms with E-state index < -0.39 is 0 Å². The average Bonchev–Trinajstić information content (AvgIpc) is 2.77. The van der Waals surface area contributed by atoms with Gasteiger partial charge >= 0.3 is 0 Å². The predicted octanol–water partition coefficient (Wildman–Crippen LogP) is 5.43. The standard InChI is InChI=1S/C24H17N3OS/c28-23-20(14-18-7-3-4-8-21(18)26-23)15-29-24-25-12-11-22(27-24)19-10-9-16-5-1-2-6-17(16)13-19/h1-14H,15H2,(H,26,28). The van der Waals surface area contributed by atoms with E-state index in [9.17, 15) is 4.79 Å². The van der Waals surface area contributed by atoms with Crippen molar-refractivity contribution in [2.75, 3.05) is 0 Å². The molecule has 0 aliphatic rings. The summed E-state index contributed by atoms with van der Waals surface area (Å²) in [5, 5.41) is 4.06. The summed E-state index contributed by atoms with van der Waals surface area (Å²) in [5.74, 6) is 0.515. The molecular weight excluding hydrogens is 378 g/mol. The molecule has 29 heavy (non-hydrogen) atoms. The zero-order chi connectivity index (χ0) is 19.6. The molecule has 0 unspecified atom stereocenters. The number of hydrogen-bond acceptors (Lipinski definition) is 4. The van der Waals surface area contributed by atoms with Gasteiger partial charge in [0.2, 0.25) is 0 Å². The molecule has 0 bridgehead atoms. The van der Waals surface area contributed by atoms with Gasteiger partial charge in [0.25, 0.3) is 5.56 Å². The van der Waals surface area contributed by atoms with Gasteiger partial charge in [-0.3, -0.25) is 4.79 Å². The Kier molecular flexibility index (Phi) is 4.58. The second-order valence-corrected chi connectivity index (χ2v) is 7.73. The normalized spacial score (nSPS) is 11.2. The molecule has 0 saturated heterocycles. The molecule has 0 atom stereocenters. The number of thioether (sulfide) groups is 1. The highest BCUT2D eigenvalue weighted by atomic mass is 32.2. The van der Waals surface area contributed by atoms with Crippen molar-refractivity contribution < 1.29 is 0 Å².